The molecule has 1 saturated heterocycles. The van der Waals surface area contributed by atoms with Gasteiger partial charge in [-0.15, -0.1) is 0 Å². The first kappa shape index (κ1) is 11.4. The summed E-state index contributed by atoms with van der Waals surface area (Å²) < 4.78 is 0. The first-order chi connectivity index (χ1) is 7.65. The minimum absolute atomic E-state index is 0.0183. The summed E-state index contributed by atoms with van der Waals surface area (Å²) in [4.78, 5) is 24.6. The Bertz CT molecular complexity index is 302. The summed E-state index contributed by atoms with van der Waals surface area (Å²) in [6.45, 7) is 0.649. The zero-order valence-corrected chi connectivity index (χ0v) is 9.26. The first-order valence-corrected chi connectivity index (χ1v) is 5.87. The fourth-order valence-corrected chi connectivity index (χ4v) is 2.72. The predicted octanol–water partition coefficient (Wildman–Crippen LogP) is 0.0469. The van der Waals surface area contributed by atoms with Crippen LogP contribution in [0, 0.1) is 11.8 Å². The van der Waals surface area contributed by atoms with Crippen LogP contribution < -0.4 is 5.73 Å². The number of nitrogens with zero attached hydrogens (tertiary/aromatic N) is 1. The average molecular weight is 226 g/mol. The molecule has 1 amide bonds. The highest BCUT2D eigenvalue weighted by molar-refractivity contribution is 5.80. The average Bonchev–Trinajstić information content (AvgIpc) is 3.10. The van der Waals surface area contributed by atoms with E-state index in [-0.39, 0.29) is 18.5 Å². The maximum Gasteiger partial charge on any atom is 0.308 e. The molecule has 2 aliphatic rings. The molecular weight excluding hydrogens is 208 g/mol. The molecule has 90 valence electrons. The van der Waals surface area contributed by atoms with E-state index in [0.717, 1.165) is 19.3 Å². The summed E-state index contributed by atoms with van der Waals surface area (Å²) in [5.41, 5.74) is 5.37. The van der Waals surface area contributed by atoms with Gasteiger partial charge in [0.05, 0.1) is 12.5 Å². The van der Waals surface area contributed by atoms with Crippen LogP contribution in [-0.2, 0) is 9.59 Å². The predicted molar refractivity (Wildman–Crippen MR) is 57.6 cm³/mol. The molecule has 5 nitrogen and oxygen atoms in total. The molecule has 2 rings (SSSR count). The van der Waals surface area contributed by atoms with E-state index in [4.69, 9.17) is 5.73 Å². The monoisotopic (exact) mass is 226 g/mol. The van der Waals surface area contributed by atoms with Gasteiger partial charge in [0.25, 0.3) is 0 Å². The smallest absolute Gasteiger partial charge is 0.308 e. The molecule has 0 bridgehead atoms. The third kappa shape index (κ3) is 2.04. The lowest BCUT2D eigenvalue weighted by molar-refractivity contribution is -0.150. The van der Waals surface area contributed by atoms with Crippen molar-refractivity contribution < 1.29 is 14.7 Å². The number of likely N-dealkylation sites (tertiary alicyclic amines) is 1. The van der Waals surface area contributed by atoms with Crippen molar-refractivity contribution in [2.45, 2.75) is 31.7 Å². The molecule has 1 aliphatic heterocycles. The Morgan fingerprint density at radius 3 is 2.50 bits per heavy atom. The van der Waals surface area contributed by atoms with Gasteiger partial charge in [-0.1, -0.05) is 0 Å². The van der Waals surface area contributed by atoms with E-state index in [0.29, 0.717) is 18.9 Å². The Kier molecular flexibility index (Phi) is 3.14. The summed E-state index contributed by atoms with van der Waals surface area (Å²) in [5, 5.41) is 9.19. The second kappa shape index (κ2) is 4.41. The molecule has 1 aliphatic carbocycles. The Balaban J connectivity index is 2.16. The normalized spacial score (nSPS) is 30.2. The van der Waals surface area contributed by atoms with E-state index < -0.39 is 11.9 Å². The SMILES string of the molecule is NCC(=O)N1CCC[C@H](C(=O)O)[C@H]1C1CC1. The van der Waals surface area contributed by atoms with Crippen molar-refractivity contribution in [3.05, 3.63) is 0 Å². The number of piperidine rings is 1. The van der Waals surface area contributed by atoms with Gasteiger partial charge in [-0.2, -0.15) is 0 Å². The van der Waals surface area contributed by atoms with E-state index >= 15 is 0 Å². The van der Waals surface area contributed by atoms with Crippen LogP contribution in [0.1, 0.15) is 25.7 Å². The minimum atomic E-state index is -0.772. The standard InChI is InChI=1S/C11H18N2O3/c12-6-9(14)13-5-1-2-8(11(15)16)10(13)7-3-4-7/h7-8,10H,1-6,12H2,(H,15,16)/t8-,10+/m0/s1. The van der Waals surface area contributed by atoms with Gasteiger partial charge in [-0.3, -0.25) is 9.59 Å². The lowest BCUT2D eigenvalue weighted by Gasteiger charge is -2.39. The lowest BCUT2D eigenvalue weighted by atomic mass is 9.86. The van der Waals surface area contributed by atoms with Gasteiger partial charge in [-0.25, -0.2) is 0 Å². The van der Waals surface area contributed by atoms with Gasteiger partial charge in [-0.05, 0) is 31.6 Å². The van der Waals surface area contributed by atoms with Crippen LogP contribution in [0.4, 0.5) is 0 Å². The van der Waals surface area contributed by atoms with E-state index in [1.54, 1.807) is 4.90 Å². The zero-order valence-electron chi connectivity index (χ0n) is 9.26. The number of carbonyl (C=O) groups is 2. The first-order valence-electron chi connectivity index (χ1n) is 5.87. The summed E-state index contributed by atoms with van der Waals surface area (Å²) >= 11 is 0. The second-order valence-electron chi connectivity index (χ2n) is 4.71. The Morgan fingerprint density at radius 1 is 1.31 bits per heavy atom. The van der Waals surface area contributed by atoms with Crippen molar-refractivity contribution in [1.82, 2.24) is 4.90 Å². The number of hydrogen-bond acceptors (Lipinski definition) is 3. The van der Waals surface area contributed by atoms with Crippen LogP contribution in [0.5, 0.6) is 0 Å². The summed E-state index contributed by atoms with van der Waals surface area (Å²) in [6, 6.07) is -0.109. The Labute approximate surface area is 94.6 Å². The highest BCUT2D eigenvalue weighted by Crippen LogP contribution is 2.42. The van der Waals surface area contributed by atoms with Crippen molar-refractivity contribution in [2.75, 3.05) is 13.1 Å². The quantitative estimate of drug-likeness (QED) is 0.712. The van der Waals surface area contributed by atoms with Crippen molar-refractivity contribution in [1.29, 1.82) is 0 Å². The van der Waals surface area contributed by atoms with E-state index in [1.807, 2.05) is 0 Å². The molecule has 2 atom stereocenters. The second-order valence-corrected chi connectivity index (χ2v) is 4.71. The summed E-state index contributed by atoms with van der Waals surface area (Å²) in [5.74, 6) is -0.886. The molecule has 0 aromatic heterocycles. The van der Waals surface area contributed by atoms with Gasteiger partial charge in [0.15, 0.2) is 0 Å². The number of amides is 1. The number of aliphatic carboxylic acids is 1. The molecule has 0 aromatic rings. The van der Waals surface area contributed by atoms with Crippen LogP contribution in [0.2, 0.25) is 0 Å². The van der Waals surface area contributed by atoms with Crippen molar-refractivity contribution in [3.63, 3.8) is 0 Å². The molecule has 0 unspecified atom stereocenters. The number of carbonyl (C=O) groups excluding carboxylic acids is 1. The molecule has 0 radical (unpaired) electrons. The maximum atomic E-state index is 11.7. The molecule has 16 heavy (non-hydrogen) atoms. The Morgan fingerprint density at radius 2 is 2.00 bits per heavy atom. The molecular formula is C11H18N2O3. The number of carboxylic acids is 1. The summed E-state index contributed by atoms with van der Waals surface area (Å²) in [6.07, 6.45) is 3.54. The van der Waals surface area contributed by atoms with Crippen LogP contribution >= 0.6 is 0 Å². The fraction of sp³-hybridized carbons (Fsp3) is 0.818. The number of carboxylic acid groups (broad SMARTS) is 1. The van der Waals surface area contributed by atoms with Crippen LogP contribution in [0.3, 0.4) is 0 Å². The Hall–Kier alpha value is -1.10. The maximum absolute atomic E-state index is 11.7. The highest BCUT2D eigenvalue weighted by atomic mass is 16.4. The zero-order chi connectivity index (χ0) is 11.7. The van der Waals surface area contributed by atoms with E-state index in [1.165, 1.54) is 0 Å². The molecule has 0 aromatic carbocycles. The topological polar surface area (TPSA) is 83.6 Å². The number of hydrogen-bond donors (Lipinski definition) is 2. The molecule has 1 heterocycles. The van der Waals surface area contributed by atoms with Crippen molar-refractivity contribution in [2.24, 2.45) is 17.6 Å². The molecule has 5 heteroatoms. The highest BCUT2D eigenvalue weighted by Gasteiger charge is 2.46. The molecule has 3 N–H and O–H groups in total. The van der Waals surface area contributed by atoms with E-state index in [2.05, 4.69) is 0 Å². The third-order valence-electron chi connectivity index (χ3n) is 3.60. The van der Waals surface area contributed by atoms with Gasteiger partial charge < -0.3 is 15.7 Å². The lowest BCUT2D eigenvalue weighted by Crippen LogP contribution is -2.53. The van der Waals surface area contributed by atoms with Crippen molar-refractivity contribution in [3.8, 4) is 0 Å². The molecule has 1 saturated carbocycles. The number of rotatable bonds is 3. The van der Waals surface area contributed by atoms with Crippen LogP contribution in [0.25, 0.3) is 0 Å². The largest absolute Gasteiger partial charge is 0.481 e. The van der Waals surface area contributed by atoms with Gasteiger partial charge >= 0.3 is 5.97 Å². The van der Waals surface area contributed by atoms with Crippen LogP contribution in [-0.4, -0.2) is 41.0 Å². The van der Waals surface area contributed by atoms with Gasteiger partial charge in [0.1, 0.15) is 0 Å². The summed E-state index contributed by atoms with van der Waals surface area (Å²) in [7, 11) is 0. The van der Waals surface area contributed by atoms with Crippen molar-refractivity contribution >= 4 is 11.9 Å². The number of nitrogens with two attached hydrogens (primary N) is 1. The third-order valence-corrected chi connectivity index (χ3v) is 3.60. The fourth-order valence-electron chi connectivity index (χ4n) is 2.72. The van der Waals surface area contributed by atoms with Gasteiger partial charge in [0.2, 0.25) is 5.91 Å². The molecule has 2 fully saturated rings. The van der Waals surface area contributed by atoms with Crippen LogP contribution in [0.15, 0.2) is 0 Å². The minimum Gasteiger partial charge on any atom is -0.481 e. The molecule has 0 spiro atoms. The van der Waals surface area contributed by atoms with E-state index in [9.17, 15) is 14.7 Å². The van der Waals surface area contributed by atoms with Gasteiger partial charge in [0, 0.05) is 12.6 Å².